The van der Waals surface area contributed by atoms with E-state index in [2.05, 4.69) is 10.3 Å². The third-order valence-corrected chi connectivity index (χ3v) is 8.02. The molecule has 0 spiro atoms. The van der Waals surface area contributed by atoms with Gasteiger partial charge in [-0.25, -0.2) is 13.4 Å². The number of aryl methyl sites for hydroxylation is 2. The number of benzene rings is 2. The Hall–Kier alpha value is -3.01. The van der Waals surface area contributed by atoms with Crippen LogP contribution in [-0.2, 0) is 21.4 Å². The van der Waals surface area contributed by atoms with Crippen molar-refractivity contribution in [3.05, 3.63) is 75.7 Å². The molecule has 0 unspecified atom stereocenters. The van der Waals surface area contributed by atoms with E-state index in [1.807, 2.05) is 43.5 Å². The molecular weight excluding hydrogens is 470 g/mol. The van der Waals surface area contributed by atoms with Gasteiger partial charge in [0.15, 0.2) is 0 Å². The molecule has 1 heterocycles. The first-order valence-corrected chi connectivity index (χ1v) is 13.3. The molecule has 1 N–H and O–H groups in total. The highest BCUT2D eigenvalue weighted by molar-refractivity contribution is 7.89. The second-order valence-electron chi connectivity index (χ2n) is 7.61. The number of anilines is 1. The lowest BCUT2D eigenvalue weighted by atomic mass is 10.2. The lowest BCUT2D eigenvalue weighted by Crippen LogP contribution is -2.30. The Bertz CT molecular complexity index is 1280. The summed E-state index contributed by atoms with van der Waals surface area (Å²) in [5.74, 6) is 0.322. The van der Waals surface area contributed by atoms with E-state index in [1.54, 1.807) is 43.4 Å². The van der Waals surface area contributed by atoms with E-state index in [9.17, 15) is 13.2 Å². The monoisotopic (exact) mass is 499 g/mol. The summed E-state index contributed by atoms with van der Waals surface area (Å²) in [6.07, 6.45) is 3.09. The molecule has 180 valence electrons. The lowest BCUT2D eigenvalue weighted by Gasteiger charge is -2.19. The van der Waals surface area contributed by atoms with E-state index < -0.39 is 10.0 Å². The maximum Gasteiger partial charge on any atom is 0.248 e. The Morgan fingerprint density at radius 3 is 2.59 bits per heavy atom. The summed E-state index contributed by atoms with van der Waals surface area (Å²) in [7, 11) is -3.61. The van der Waals surface area contributed by atoms with Crippen LogP contribution >= 0.6 is 11.3 Å². The van der Waals surface area contributed by atoms with E-state index in [0.29, 0.717) is 31.1 Å². The number of carbonyl (C=O) groups excluding carboxylic acids is 1. The summed E-state index contributed by atoms with van der Waals surface area (Å²) < 4.78 is 32.8. The van der Waals surface area contributed by atoms with Crippen molar-refractivity contribution in [3.63, 3.8) is 0 Å². The van der Waals surface area contributed by atoms with Gasteiger partial charge in [0.25, 0.3) is 0 Å². The van der Waals surface area contributed by atoms with E-state index in [0.717, 1.165) is 21.8 Å². The van der Waals surface area contributed by atoms with Gasteiger partial charge in [-0.1, -0.05) is 32.0 Å². The number of amides is 1. The normalized spacial score (nSPS) is 11.8. The molecule has 34 heavy (non-hydrogen) atoms. The molecule has 0 aliphatic rings. The van der Waals surface area contributed by atoms with Crippen LogP contribution in [0.25, 0.3) is 6.08 Å². The first-order chi connectivity index (χ1) is 16.2. The van der Waals surface area contributed by atoms with Crippen molar-refractivity contribution >= 4 is 39.0 Å². The van der Waals surface area contributed by atoms with Crippen LogP contribution in [0.3, 0.4) is 0 Å². The Morgan fingerprint density at radius 1 is 1.15 bits per heavy atom. The molecule has 3 aromatic rings. The smallest absolute Gasteiger partial charge is 0.248 e. The highest BCUT2D eigenvalue weighted by Crippen LogP contribution is 2.23. The highest BCUT2D eigenvalue weighted by atomic mass is 32.2. The average molecular weight is 500 g/mol. The zero-order valence-electron chi connectivity index (χ0n) is 19.7. The van der Waals surface area contributed by atoms with Crippen LogP contribution in [0.15, 0.2) is 58.8 Å². The zero-order valence-corrected chi connectivity index (χ0v) is 21.4. The van der Waals surface area contributed by atoms with Crippen molar-refractivity contribution < 1.29 is 17.9 Å². The fourth-order valence-electron chi connectivity index (χ4n) is 3.29. The Balaban J connectivity index is 1.68. The summed E-state index contributed by atoms with van der Waals surface area (Å²) in [4.78, 5) is 17.1. The van der Waals surface area contributed by atoms with Gasteiger partial charge in [0.05, 0.1) is 15.6 Å². The van der Waals surface area contributed by atoms with Gasteiger partial charge in [-0.2, -0.15) is 4.31 Å². The Kier molecular flexibility index (Phi) is 8.60. The third kappa shape index (κ3) is 6.53. The number of sulfonamides is 1. The molecule has 3 rings (SSSR count). The van der Waals surface area contributed by atoms with Crippen molar-refractivity contribution in [3.8, 4) is 5.75 Å². The molecule has 0 aliphatic carbocycles. The minimum Gasteiger partial charge on any atom is -0.487 e. The van der Waals surface area contributed by atoms with Crippen molar-refractivity contribution in [1.29, 1.82) is 0 Å². The van der Waals surface area contributed by atoms with Gasteiger partial charge in [0.2, 0.25) is 15.9 Å². The van der Waals surface area contributed by atoms with Gasteiger partial charge >= 0.3 is 0 Å². The van der Waals surface area contributed by atoms with Gasteiger partial charge in [-0.05, 0) is 55.3 Å². The minimum atomic E-state index is -3.61. The van der Waals surface area contributed by atoms with Crippen LogP contribution in [0.5, 0.6) is 5.75 Å². The summed E-state index contributed by atoms with van der Waals surface area (Å²) in [6.45, 7) is 8.49. The minimum absolute atomic E-state index is 0.154. The van der Waals surface area contributed by atoms with Gasteiger partial charge in [-0.15, -0.1) is 11.3 Å². The molecule has 2 aromatic carbocycles. The fourth-order valence-corrected chi connectivity index (χ4v) is 5.38. The molecule has 0 aliphatic heterocycles. The zero-order chi connectivity index (χ0) is 24.7. The van der Waals surface area contributed by atoms with Crippen LogP contribution in [-0.4, -0.2) is 36.7 Å². The Morgan fingerprint density at radius 2 is 1.91 bits per heavy atom. The molecule has 0 fully saturated rings. The quantitative estimate of drug-likeness (QED) is 0.396. The largest absolute Gasteiger partial charge is 0.487 e. The molecule has 0 saturated heterocycles. The van der Waals surface area contributed by atoms with E-state index in [1.165, 1.54) is 16.4 Å². The SMILES string of the molecule is CCN(CC)S(=O)(=O)c1ccc(C)c(NC(=O)/C=C/c2cccc(OCc3csc(C)n3)c2)c1. The number of aromatic nitrogens is 1. The summed E-state index contributed by atoms with van der Waals surface area (Å²) in [6, 6.07) is 12.2. The number of carbonyl (C=O) groups is 1. The standard InChI is InChI=1S/C25H29N3O4S2/c1-5-28(6-2)34(30,31)23-12-10-18(3)24(15-23)27-25(29)13-11-20-8-7-9-22(14-20)32-16-21-17-33-19(4)26-21/h7-15,17H,5-6,16H2,1-4H3,(H,27,29)/b13-11+. The number of rotatable bonds is 10. The van der Waals surface area contributed by atoms with Crippen molar-refractivity contribution in [2.75, 3.05) is 18.4 Å². The number of ether oxygens (including phenoxy) is 1. The first-order valence-electron chi connectivity index (χ1n) is 11.0. The number of hydrogen-bond donors (Lipinski definition) is 1. The molecular formula is C25H29N3O4S2. The summed E-state index contributed by atoms with van der Waals surface area (Å²) in [5, 5.41) is 5.74. The van der Waals surface area contributed by atoms with Crippen LogP contribution in [0.1, 0.15) is 35.7 Å². The van der Waals surface area contributed by atoms with Crippen molar-refractivity contribution in [2.45, 2.75) is 39.2 Å². The van der Waals surface area contributed by atoms with Crippen LogP contribution in [0.4, 0.5) is 5.69 Å². The van der Waals surface area contributed by atoms with Gasteiger partial charge in [-0.3, -0.25) is 4.79 Å². The topological polar surface area (TPSA) is 88.6 Å². The van der Waals surface area contributed by atoms with E-state index >= 15 is 0 Å². The van der Waals surface area contributed by atoms with Crippen LogP contribution in [0.2, 0.25) is 0 Å². The maximum absolute atomic E-state index is 12.8. The van der Waals surface area contributed by atoms with Gasteiger partial charge < -0.3 is 10.1 Å². The number of nitrogens with zero attached hydrogens (tertiary/aromatic N) is 2. The first kappa shape index (κ1) is 25.6. The van der Waals surface area contributed by atoms with Crippen molar-refractivity contribution in [1.82, 2.24) is 9.29 Å². The molecule has 0 bridgehead atoms. The number of thiazole rings is 1. The molecule has 1 aromatic heterocycles. The number of nitrogens with one attached hydrogen (secondary N) is 1. The predicted octanol–water partition coefficient (Wildman–Crippen LogP) is 5.02. The van der Waals surface area contributed by atoms with E-state index in [-0.39, 0.29) is 10.8 Å². The highest BCUT2D eigenvalue weighted by Gasteiger charge is 2.22. The molecule has 0 saturated carbocycles. The van der Waals surface area contributed by atoms with Gasteiger partial charge in [0, 0.05) is 30.2 Å². The Labute approximate surface area is 205 Å². The predicted molar refractivity (Wildman–Crippen MR) is 137 cm³/mol. The molecule has 7 nitrogen and oxygen atoms in total. The third-order valence-electron chi connectivity index (χ3n) is 5.15. The lowest BCUT2D eigenvalue weighted by molar-refractivity contribution is -0.111. The second kappa shape index (κ2) is 11.4. The van der Waals surface area contributed by atoms with Crippen molar-refractivity contribution in [2.24, 2.45) is 0 Å². The van der Waals surface area contributed by atoms with Crippen LogP contribution < -0.4 is 10.1 Å². The maximum atomic E-state index is 12.8. The fraction of sp³-hybridized carbons (Fsp3) is 0.280. The summed E-state index contributed by atoms with van der Waals surface area (Å²) in [5.41, 5.74) is 2.91. The summed E-state index contributed by atoms with van der Waals surface area (Å²) >= 11 is 1.58. The average Bonchev–Trinajstić information content (AvgIpc) is 3.23. The molecule has 1 amide bonds. The van der Waals surface area contributed by atoms with E-state index in [4.69, 9.17) is 4.74 Å². The molecule has 9 heteroatoms. The molecule has 0 radical (unpaired) electrons. The second-order valence-corrected chi connectivity index (χ2v) is 10.6. The molecule has 0 atom stereocenters. The van der Waals surface area contributed by atoms with Crippen LogP contribution in [0, 0.1) is 13.8 Å². The van der Waals surface area contributed by atoms with Gasteiger partial charge in [0.1, 0.15) is 12.4 Å². The number of hydrogen-bond acceptors (Lipinski definition) is 6.